The van der Waals surface area contributed by atoms with Gasteiger partial charge in [0.05, 0.1) is 5.56 Å². The van der Waals surface area contributed by atoms with E-state index in [1.165, 1.54) is 0 Å². The molecule has 1 fully saturated rings. The number of hydrogen-bond acceptors (Lipinski definition) is 4. The maximum absolute atomic E-state index is 9.15. The number of nitriles is 1. The molecule has 0 radical (unpaired) electrons. The lowest BCUT2D eigenvalue weighted by Gasteiger charge is -2.35. The highest BCUT2D eigenvalue weighted by Crippen LogP contribution is 2.29. The summed E-state index contributed by atoms with van der Waals surface area (Å²) >= 11 is 2.00. The first-order chi connectivity index (χ1) is 8.10. The predicted molar refractivity (Wildman–Crippen MR) is 72.4 cm³/mol. The van der Waals surface area contributed by atoms with Crippen molar-refractivity contribution < 1.29 is 0 Å². The van der Waals surface area contributed by atoms with Gasteiger partial charge in [-0.25, -0.2) is 4.98 Å². The van der Waals surface area contributed by atoms with E-state index in [-0.39, 0.29) is 0 Å². The van der Waals surface area contributed by atoms with Crippen molar-refractivity contribution in [3.05, 3.63) is 23.4 Å². The normalized spacial score (nSPS) is 24.5. The third kappa shape index (κ3) is 2.73. The third-order valence-electron chi connectivity index (χ3n) is 2.85. The number of aromatic nitrogens is 1. The Hall–Kier alpha value is -1.21. The molecule has 0 amide bonds. The van der Waals surface area contributed by atoms with Gasteiger partial charge in [0.2, 0.25) is 0 Å². The first-order valence-electron chi connectivity index (χ1n) is 5.88. The summed E-state index contributed by atoms with van der Waals surface area (Å²) in [5, 5.41) is 10.3. The quantitative estimate of drug-likeness (QED) is 0.764. The molecule has 1 aliphatic rings. The van der Waals surface area contributed by atoms with Crippen molar-refractivity contribution in [2.75, 3.05) is 18.0 Å². The van der Waals surface area contributed by atoms with Crippen LogP contribution in [-0.2, 0) is 0 Å². The molecule has 0 aromatic carbocycles. The Kier molecular flexibility index (Phi) is 3.58. The van der Waals surface area contributed by atoms with E-state index in [0.29, 0.717) is 16.1 Å². The molecule has 2 unspecified atom stereocenters. The van der Waals surface area contributed by atoms with Gasteiger partial charge in [0.15, 0.2) is 0 Å². The Morgan fingerprint density at radius 1 is 1.35 bits per heavy atom. The van der Waals surface area contributed by atoms with E-state index >= 15 is 0 Å². The molecule has 0 N–H and O–H groups in total. The van der Waals surface area contributed by atoms with Gasteiger partial charge in [-0.3, -0.25) is 0 Å². The van der Waals surface area contributed by atoms with Gasteiger partial charge in [-0.1, -0.05) is 13.8 Å². The van der Waals surface area contributed by atoms with E-state index in [1.54, 1.807) is 0 Å². The first kappa shape index (κ1) is 12.3. The fourth-order valence-electron chi connectivity index (χ4n) is 2.22. The number of rotatable bonds is 1. The third-order valence-corrected chi connectivity index (χ3v) is 4.08. The summed E-state index contributed by atoms with van der Waals surface area (Å²) in [5.41, 5.74) is 1.65. The molecule has 2 rings (SSSR count). The van der Waals surface area contributed by atoms with Crippen LogP contribution in [0, 0.1) is 18.3 Å². The Morgan fingerprint density at radius 2 is 2.00 bits per heavy atom. The van der Waals surface area contributed by atoms with Gasteiger partial charge in [0, 0.05) is 29.3 Å². The smallest absolute Gasteiger partial charge is 0.146 e. The molecule has 90 valence electrons. The lowest BCUT2D eigenvalue weighted by molar-refractivity contribution is 0.716. The molecule has 2 heterocycles. The van der Waals surface area contributed by atoms with E-state index in [0.717, 1.165) is 24.6 Å². The van der Waals surface area contributed by atoms with Crippen LogP contribution >= 0.6 is 11.8 Å². The number of pyridine rings is 1. The number of nitrogens with zero attached hydrogens (tertiary/aromatic N) is 3. The van der Waals surface area contributed by atoms with E-state index in [1.807, 2.05) is 30.8 Å². The summed E-state index contributed by atoms with van der Waals surface area (Å²) < 4.78 is 0. The lowest BCUT2D eigenvalue weighted by atomic mass is 10.2. The van der Waals surface area contributed by atoms with Crippen molar-refractivity contribution >= 4 is 17.6 Å². The van der Waals surface area contributed by atoms with Crippen LogP contribution in [0.2, 0.25) is 0 Å². The van der Waals surface area contributed by atoms with Crippen molar-refractivity contribution in [1.29, 1.82) is 5.26 Å². The summed E-state index contributed by atoms with van der Waals surface area (Å²) in [4.78, 5) is 6.78. The second-order valence-corrected chi connectivity index (χ2v) is 6.48. The average Bonchev–Trinajstić information content (AvgIpc) is 2.27. The fourth-order valence-corrected chi connectivity index (χ4v) is 3.55. The van der Waals surface area contributed by atoms with E-state index in [2.05, 4.69) is 29.8 Å². The maximum Gasteiger partial charge on any atom is 0.146 e. The van der Waals surface area contributed by atoms with Crippen LogP contribution in [0.25, 0.3) is 0 Å². The molecule has 0 aliphatic carbocycles. The minimum Gasteiger partial charge on any atom is -0.353 e. The summed E-state index contributed by atoms with van der Waals surface area (Å²) in [5.74, 6) is 0.853. The predicted octanol–water partition coefficient (Wildman–Crippen LogP) is 2.59. The molecule has 1 aliphatic heterocycles. The summed E-state index contributed by atoms with van der Waals surface area (Å²) in [7, 11) is 0. The number of hydrogen-bond donors (Lipinski definition) is 0. The lowest BCUT2D eigenvalue weighted by Crippen LogP contribution is -2.41. The van der Waals surface area contributed by atoms with Gasteiger partial charge in [-0.15, -0.1) is 0 Å². The van der Waals surface area contributed by atoms with Crippen molar-refractivity contribution in [1.82, 2.24) is 4.98 Å². The van der Waals surface area contributed by atoms with Crippen LogP contribution in [0.5, 0.6) is 0 Å². The topological polar surface area (TPSA) is 39.9 Å². The molecule has 4 heteroatoms. The van der Waals surface area contributed by atoms with E-state index in [9.17, 15) is 0 Å². The Bertz CT molecular complexity index is 442. The zero-order valence-electron chi connectivity index (χ0n) is 10.5. The van der Waals surface area contributed by atoms with E-state index < -0.39 is 0 Å². The van der Waals surface area contributed by atoms with Gasteiger partial charge < -0.3 is 4.90 Å². The average molecular weight is 247 g/mol. The van der Waals surface area contributed by atoms with Crippen LogP contribution < -0.4 is 4.90 Å². The van der Waals surface area contributed by atoms with Gasteiger partial charge in [0.25, 0.3) is 0 Å². The van der Waals surface area contributed by atoms with Crippen molar-refractivity contribution in [3.63, 3.8) is 0 Å². The molecular formula is C13H17N3S. The maximum atomic E-state index is 9.15. The number of anilines is 1. The van der Waals surface area contributed by atoms with Crippen LogP contribution in [0.1, 0.15) is 25.1 Å². The molecule has 0 bridgehead atoms. The Morgan fingerprint density at radius 3 is 2.59 bits per heavy atom. The molecule has 0 spiro atoms. The van der Waals surface area contributed by atoms with Crippen molar-refractivity contribution in [2.45, 2.75) is 31.3 Å². The summed E-state index contributed by atoms with van der Waals surface area (Å²) in [6.45, 7) is 8.38. The molecule has 3 nitrogen and oxygen atoms in total. The van der Waals surface area contributed by atoms with Gasteiger partial charge >= 0.3 is 0 Å². The summed E-state index contributed by atoms with van der Waals surface area (Å²) in [6.07, 6.45) is 0. The van der Waals surface area contributed by atoms with Crippen LogP contribution in [0.4, 0.5) is 5.82 Å². The molecule has 1 aromatic heterocycles. The van der Waals surface area contributed by atoms with Gasteiger partial charge in [-0.05, 0) is 19.1 Å². The SMILES string of the molecule is Cc1ccc(C#N)c(N2CC(C)SC(C)C2)n1. The largest absolute Gasteiger partial charge is 0.353 e. The minimum absolute atomic E-state index is 0.590. The molecule has 1 aromatic rings. The molecule has 2 atom stereocenters. The zero-order chi connectivity index (χ0) is 12.4. The first-order valence-corrected chi connectivity index (χ1v) is 6.82. The van der Waals surface area contributed by atoms with E-state index in [4.69, 9.17) is 5.26 Å². The molecule has 0 saturated carbocycles. The van der Waals surface area contributed by atoms with Crippen LogP contribution in [0.15, 0.2) is 12.1 Å². The second-order valence-electron chi connectivity index (χ2n) is 4.60. The zero-order valence-corrected chi connectivity index (χ0v) is 11.3. The Balaban J connectivity index is 2.33. The monoisotopic (exact) mass is 247 g/mol. The molecule has 17 heavy (non-hydrogen) atoms. The van der Waals surface area contributed by atoms with Crippen molar-refractivity contribution in [2.24, 2.45) is 0 Å². The highest BCUT2D eigenvalue weighted by atomic mass is 32.2. The van der Waals surface area contributed by atoms with Crippen molar-refractivity contribution in [3.8, 4) is 6.07 Å². The standard InChI is InChI=1S/C13H17N3S/c1-9-4-5-12(6-14)13(15-9)16-7-10(2)17-11(3)8-16/h4-5,10-11H,7-8H2,1-3H3. The van der Waals surface area contributed by atoms with Crippen LogP contribution in [0.3, 0.4) is 0 Å². The van der Waals surface area contributed by atoms with Gasteiger partial charge in [-0.2, -0.15) is 17.0 Å². The number of aryl methyl sites for hydroxylation is 1. The van der Waals surface area contributed by atoms with Gasteiger partial charge in [0.1, 0.15) is 11.9 Å². The second kappa shape index (κ2) is 4.97. The highest BCUT2D eigenvalue weighted by molar-refractivity contribution is 8.00. The highest BCUT2D eigenvalue weighted by Gasteiger charge is 2.24. The minimum atomic E-state index is 0.590. The molecule has 1 saturated heterocycles. The van der Waals surface area contributed by atoms with Crippen LogP contribution in [-0.4, -0.2) is 28.6 Å². The number of thioether (sulfide) groups is 1. The fraction of sp³-hybridized carbons (Fsp3) is 0.538. The Labute approximate surface area is 107 Å². The summed E-state index contributed by atoms with van der Waals surface area (Å²) in [6, 6.07) is 6.01. The molecular weight excluding hydrogens is 230 g/mol.